The highest BCUT2D eigenvalue weighted by Gasteiger charge is 2.51. The topological polar surface area (TPSA) is 8.17 Å². The number of hydrogen-bond donors (Lipinski definition) is 0. The van der Waals surface area contributed by atoms with Gasteiger partial charge in [0.05, 0.1) is 22.1 Å². The number of allylic oxidation sites excluding steroid dienone is 2. The first-order valence-corrected chi connectivity index (χ1v) is 18.0. The van der Waals surface area contributed by atoms with Crippen molar-refractivity contribution >= 4 is 33.2 Å². The highest BCUT2D eigenvalue weighted by Crippen LogP contribution is 2.61. The second-order valence-electron chi connectivity index (χ2n) is 14.1. The molecule has 0 N–H and O–H groups in total. The maximum atomic E-state index is 2.59. The maximum absolute atomic E-state index is 2.59. The summed E-state index contributed by atoms with van der Waals surface area (Å²) in [7, 11) is 0. The third-order valence-electron chi connectivity index (χ3n) is 11.5. The van der Waals surface area contributed by atoms with Crippen molar-refractivity contribution in [2.45, 2.75) is 5.41 Å². The Morgan fingerprint density at radius 3 is 1.69 bits per heavy atom. The van der Waals surface area contributed by atoms with Crippen LogP contribution in [0.25, 0.3) is 49.7 Å². The SMILES string of the molecule is C1=CC(CN2c3ccc(-c4ccccc4)cc3C3(c4cc(-c5ccccc5)ccc42)c2ccccc2-n2c4ccccc4c4cccc3c42)C=C1. The van der Waals surface area contributed by atoms with E-state index in [4.69, 9.17) is 0 Å². The molecule has 2 heteroatoms. The van der Waals surface area contributed by atoms with Gasteiger partial charge in [-0.05, 0) is 80.9 Å². The zero-order valence-electron chi connectivity index (χ0n) is 28.1. The van der Waals surface area contributed by atoms with Crippen molar-refractivity contribution in [3.05, 3.63) is 210 Å². The average Bonchev–Trinajstić information content (AvgIpc) is 3.85. The molecule has 3 aliphatic rings. The van der Waals surface area contributed by atoms with E-state index in [0.717, 1.165) is 6.54 Å². The van der Waals surface area contributed by atoms with Crippen LogP contribution in [0.1, 0.15) is 22.3 Å². The van der Waals surface area contributed by atoms with Crippen molar-refractivity contribution in [2.75, 3.05) is 11.4 Å². The lowest BCUT2D eigenvalue weighted by Crippen LogP contribution is -2.42. The summed E-state index contributed by atoms with van der Waals surface area (Å²) in [6.45, 7) is 0.866. The van der Waals surface area contributed by atoms with Crippen LogP contribution in [-0.4, -0.2) is 11.1 Å². The molecule has 51 heavy (non-hydrogen) atoms. The molecule has 0 fully saturated rings. The van der Waals surface area contributed by atoms with Crippen LogP contribution < -0.4 is 4.90 Å². The summed E-state index contributed by atoms with van der Waals surface area (Å²) in [6, 6.07) is 61.2. The van der Waals surface area contributed by atoms with Crippen LogP contribution >= 0.6 is 0 Å². The first-order valence-electron chi connectivity index (χ1n) is 18.0. The molecule has 2 aliphatic heterocycles. The van der Waals surface area contributed by atoms with Crippen LogP contribution in [0.2, 0.25) is 0 Å². The number of fused-ring (bicyclic) bond motifs is 11. The van der Waals surface area contributed by atoms with Gasteiger partial charge in [-0.15, -0.1) is 0 Å². The monoisotopic (exact) mass is 650 g/mol. The lowest BCUT2D eigenvalue weighted by atomic mass is 9.60. The Hall–Kier alpha value is -6.38. The van der Waals surface area contributed by atoms with Gasteiger partial charge >= 0.3 is 0 Å². The van der Waals surface area contributed by atoms with Gasteiger partial charge in [0.15, 0.2) is 0 Å². The standard InChI is InChI=1S/C49H34N2/c1-3-16-34(17-4-1)36-26-28-45-42(30-36)49(43-31-37(35-18-5-2-6-19-35)27-29-46(43)50(45)32-33-14-7-8-15-33)40-22-10-12-25-47(40)51-44-24-11-9-20-38(44)39-21-13-23-41(49)48(39)51/h1-31,33H,32H2. The minimum absolute atomic E-state index is 0.326. The minimum Gasteiger partial charge on any atom is -0.340 e. The summed E-state index contributed by atoms with van der Waals surface area (Å²) >= 11 is 0. The second-order valence-corrected chi connectivity index (χ2v) is 14.1. The summed E-state index contributed by atoms with van der Waals surface area (Å²) in [6.07, 6.45) is 9.03. The highest BCUT2D eigenvalue weighted by atomic mass is 15.2. The van der Waals surface area contributed by atoms with E-state index in [1.807, 2.05) is 0 Å². The minimum atomic E-state index is -0.585. The van der Waals surface area contributed by atoms with E-state index in [1.54, 1.807) is 0 Å². The fourth-order valence-electron chi connectivity index (χ4n) is 9.33. The molecule has 0 saturated carbocycles. The number of aromatic nitrogens is 1. The van der Waals surface area contributed by atoms with E-state index in [-0.39, 0.29) is 0 Å². The number of para-hydroxylation sites is 3. The van der Waals surface area contributed by atoms with Gasteiger partial charge in [-0.3, -0.25) is 0 Å². The van der Waals surface area contributed by atoms with Crippen LogP contribution in [0.15, 0.2) is 188 Å². The fourth-order valence-corrected chi connectivity index (χ4v) is 9.33. The molecular weight excluding hydrogens is 617 g/mol. The van der Waals surface area contributed by atoms with Crippen LogP contribution in [0.4, 0.5) is 11.4 Å². The molecule has 7 aromatic carbocycles. The Bertz CT molecular complexity index is 2630. The molecule has 11 rings (SSSR count). The van der Waals surface area contributed by atoms with Gasteiger partial charge in [0.2, 0.25) is 0 Å². The van der Waals surface area contributed by atoms with Crippen LogP contribution in [0.3, 0.4) is 0 Å². The van der Waals surface area contributed by atoms with E-state index < -0.39 is 5.41 Å². The molecule has 8 aromatic rings. The van der Waals surface area contributed by atoms with Gasteiger partial charge < -0.3 is 9.47 Å². The second kappa shape index (κ2) is 10.8. The van der Waals surface area contributed by atoms with Crippen molar-refractivity contribution in [2.24, 2.45) is 5.92 Å². The molecule has 1 spiro atoms. The van der Waals surface area contributed by atoms with Gasteiger partial charge in [0, 0.05) is 34.6 Å². The van der Waals surface area contributed by atoms with E-state index in [9.17, 15) is 0 Å². The van der Waals surface area contributed by atoms with E-state index >= 15 is 0 Å². The molecule has 0 atom stereocenters. The Morgan fingerprint density at radius 2 is 1.00 bits per heavy atom. The quantitative estimate of drug-likeness (QED) is 0.184. The molecule has 0 radical (unpaired) electrons. The number of hydrogen-bond acceptors (Lipinski definition) is 1. The molecule has 1 aromatic heterocycles. The molecule has 3 heterocycles. The lowest BCUT2D eigenvalue weighted by Gasteiger charge is -2.49. The van der Waals surface area contributed by atoms with Crippen molar-refractivity contribution in [1.29, 1.82) is 0 Å². The van der Waals surface area contributed by atoms with Crippen molar-refractivity contribution in [3.8, 4) is 27.9 Å². The molecule has 2 nitrogen and oxygen atoms in total. The molecule has 240 valence electrons. The summed E-state index contributed by atoms with van der Waals surface area (Å²) < 4.78 is 2.53. The van der Waals surface area contributed by atoms with Crippen molar-refractivity contribution < 1.29 is 0 Å². The van der Waals surface area contributed by atoms with Crippen LogP contribution in [-0.2, 0) is 5.41 Å². The summed E-state index contributed by atoms with van der Waals surface area (Å²) in [5.41, 5.74) is 15.9. The van der Waals surface area contributed by atoms with Gasteiger partial charge in [0.25, 0.3) is 0 Å². The van der Waals surface area contributed by atoms with E-state index in [2.05, 4.69) is 198 Å². The molecule has 1 aliphatic carbocycles. The van der Waals surface area contributed by atoms with Gasteiger partial charge in [-0.2, -0.15) is 0 Å². The average molecular weight is 651 g/mol. The molecular formula is C49H34N2. The summed E-state index contributed by atoms with van der Waals surface area (Å²) in [4.78, 5) is 2.59. The Kier molecular flexibility index (Phi) is 6.03. The first kappa shape index (κ1) is 28.5. The predicted molar refractivity (Wildman–Crippen MR) is 212 cm³/mol. The predicted octanol–water partition coefficient (Wildman–Crippen LogP) is 12.0. The third kappa shape index (κ3) is 3.93. The largest absolute Gasteiger partial charge is 0.340 e. The van der Waals surface area contributed by atoms with Crippen LogP contribution in [0, 0.1) is 5.92 Å². The zero-order valence-corrected chi connectivity index (χ0v) is 28.1. The van der Waals surface area contributed by atoms with Gasteiger partial charge in [-0.1, -0.05) is 152 Å². The van der Waals surface area contributed by atoms with Crippen LogP contribution in [0.5, 0.6) is 0 Å². The smallest absolute Gasteiger partial charge is 0.0783 e. The molecule has 0 saturated heterocycles. The number of nitrogens with zero attached hydrogens (tertiary/aromatic N) is 2. The van der Waals surface area contributed by atoms with Crippen molar-refractivity contribution in [1.82, 2.24) is 4.57 Å². The molecule has 0 amide bonds. The normalized spacial score (nSPS) is 15.0. The van der Waals surface area contributed by atoms with Gasteiger partial charge in [-0.25, -0.2) is 0 Å². The van der Waals surface area contributed by atoms with E-state index in [0.29, 0.717) is 5.92 Å². The first-order chi connectivity index (χ1) is 25.3. The molecule has 0 unspecified atom stereocenters. The maximum Gasteiger partial charge on any atom is 0.0783 e. The number of benzene rings is 7. The number of rotatable bonds is 4. The van der Waals surface area contributed by atoms with Crippen molar-refractivity contribution in [3.63, 3.8) is 0 Å². The Balaban J connectivity index is 1.33. The third-order valence-corrected chi connectivity index (χ3v) is 11.5. The summed E-state index contributed by atoms with van der Waals surface area (Å²) in [5, 5.41) is 2.58. The Morgan fingerprint density at radius 1 is 0.431 bits per heavy atom. The van der Waals surface area contributed by atoms with Gasteiger partial charge in [0.1, 0.15) is 0 Å². The van der Waals surface area contributed by atoms with E-state index in [1.165, 1.54) is 83.4 Å². The highest BCUT2D eigenvalue weighted by molar-refractivity contribution is 6.12. The summed E-state index contributed by atoms with van der Waals surface area (Å²) in [5.74, 6) is 0.326. The zero-order chi connectivity index (χ0) is 33.5. The Labute approximate surface area is 297 Å². The fraction of sp³-hybridized carbons (Fsp3) is 0.0612. The number of anilines is 2. The molecule has 0 bridgehead atoms. The lowest BCUT2D eigenvalue weighted by molar-refractivity contribution is 0.690.